The van der Waals surface area contributed by atoms with Gasteiger partial charge in [-0.15, -0.1) is 0 Å². The predicted molar refractivity (Wildman–Crippen MR) is 142 cm³/mol. The first kappa shape index (κ1) is 28.3. The fourth-order valence-corrected chi connectivity index (χ4v) is 4.42. The molecule has 0 heterocycles. The van der Waals surface area contributed by atoms with Crippen molar-refractivity contribution in [1.82, 2.24) is 0 Å². The minimum absolute atomic E-state index is 0.0125. The summed E-state index contributed by atoms with van der Waals surface area (Å²) in [6.45, 7) is 4.88. The van der Waals surface area contributed by atoms with E-state index in [0.29, 0.717) is 17.7 Å². The van der Waals surface area contributed by atoms with E-state index >= 15 is 0 Å². The van der Waals surface area contributed by atoms with Gasteiger partial charge in [-0.1, -0.05) is 122 Å². The van der Waals surface area contributed by atoms with Crippen LogP contribution in [-0.2, 0) is 6.42 Å². The van der Waals surface area contributed by atoms with Gasteiger partial charge in [-0.25, -0.2) is 4.39 Å². The van der Waals surface area contributed by atoms with E-state index in [2.05, 4.69) is 13.8 Å². The second kappa shape index (κ2) is 17.5. The minimum Gasteiger partial charge on any atom is -0.490 e. The Hall–Kier alpha value is -1.90. The first-order valence-electron chi connectivity index (χ1n) is 13.9. The lowest BCUT2D eigenvalue weighted by molar-refractivity contribution is 0.285. The number of hydrogen-bond acceptors (Lipinski definition) is 1. The van der Waals surface area contributed by atoms with E-state index in [0.717, 1.165) is 19.3 Å². The molecule has 0 aliphatic rings. The molecule has 34 heavy (non-hydrogen) atoms. The summed E-state index contributed by atoms with van der Waals surface area (Å²) in [6, 6.07) is 11.1. The second-order valence-corrected chi connectivity index (χ2v) is 9.63. The molecule has 0 saturated heterocycles. The molecule has 0 amide bonds. The normalized spacial score (nSPS) is 11.2. The Morgan fingerprint density at radius 1 is 0.559 bits per heavy atom. The van der Waals surface area contributed by atoms with Crippen LogP contribution in [0.3, 0.4) is 0 Å². The van der Waals surface area contributed by atoms with Crippen molar-refractivity contribution in [1.29, 1.82) is 0 Å². The predicted octanol–water partition coefficient (Wildman–Crippen LogP) is 10.4. The third kappa shape index (κ3) is 10.6. The Bertz CT molecular complexity index is 785. The number of rotatable bonds is 19. The van der Waals surface area contributed by atoms with Gasteiger partial charge in [0.15, 0.2) is 11.6 Å². The number of halogens is 2. The quantitative estimate of drug-likeness (QED) is 0.185. The molecule has 0 bridgehead atoms. The number of unbranched alkanes of at least 4 members (excludes halogenated alkanes) is 13. The lowest BCUT2D eigenvalue weighted by Gasteiger charge is -2.11. The summed E-state index contributed by atoms with van der Waals surface area (Å²) in [5.41, 5.74) is 2.25. The van der Waals surface area contributed by atoms with Crippen LogP contribution < -0.4 is 4.74 Å². The van der Waals surface area contributed by atoms with Crippen molar-refractivity contribution >= 4 is 0 Å². The molecule has 0 unspecified atom stereocenters. The summed E-state index contributed by atoms with van der Waals surface area (Å²) < 4.78 is 34.9. The third-order valence-corrected chi connectivity index (χ3v) is 6.64. The van der Waals surface area contributed by atoms with Crippen LogP contribution in [-0.4, -0.2) is 6.61 Å². The van der Waals surface area contributed by atoms with E-state index in [-0.39, 0.29) is 5.75 Å². The van der Waals surface area contributed by atoms with Crippen molar-refractivity contribution in [2.75, 3.05) is 6.61 Å². The smallest absolute Gasteiger partial charge is 0.201 e. The Balaban J connectivity index is 1.75. The Labute approximate surface area is 207 Å². The lowest BCUT2D eigenvalue weighted by atomic mass is 10.00. The van der Waals surface area contributed by atoms with Crippen LogP contribution in [0.5, 0.6) is 5.75 Å². The molecule has 3 heteroatoms. The van der Waals surface area contributed by atoms with Crippen molar-refractivity contribution in [3.05, 3.63) is 53.6 Å². The first-order chi connectivity index (χ1) is 16.7. The van der Waals surface area contributed by atoms with Gasteiger partial charge in [0, 0.05) is 5.56 Å². The van der Waals surface area contributed by atoms with Gasteiger partial charge < -0.3 is 4.74 Å². The summed E-state index contributed by atoms with van der Waals surface area (Å²) in [5, 5.41) is 0. The van der Waals surface area contributed by atoms with Gasteiger partial charge in [0.05, 0.1) is 6.61 Å². The Morgan fingerprint density at radius 3 is 1.68 bits per heavy atom. The van der Waals surface area contributed by atoms with Gasteiger partial charge in [-0.3, -0.25) is 0 Å². The zero-order valence-electron chi connectivity index (χ0n) is 21.6. The molecular weight excluding hydrogens is 426 g/mol. The standard InChI is InChI=1S/C31H46F2O/c1-3-5-7-9-11-12-14-16-18-26-19-21-27(22-20-26)28-23-24-29(31(33)30(28)32)34-25-17-15-13-10-8-6-4-2/h19-24H,3-18,25H2,1-2H3. The van der Waals surface area contributed by atoms with Crippen LogP contribution in [0.15, 0.2) is 36.4 Å². The molecule has 0 aromatic heterocycles. The van der Waals surface area contributed by atoms with Crippen LogP contribution in [0.1, 0.15) is 116 Å². The SMILES string of the molecule is CCCCCCCCCCc1ccc(-c2ccc(OCCCCCCCCC)c(F)c2F)cc1. The van der Waals surface area contributed by atoms with Gasteiger partial charge in [0.1, 0.15) is 0 Å². The molecule has 2 aromatic rings. The highest BCUT2D eigenvalue weighted by molar-refractivity contribution is 5.65. The number of ether oxygens (including phenoxy) is 1. The van der Waals surface area contributed by atoms with Gasteiger partial charge in [-0.2, -0.15) is 4.39 Å². The maximum absolute atomic E-state index is 14.7. The summed E-state index contributed by atoms with van der Waals surface area (Å²) in [4.78, 5) is 0. The first-order valence-corrected chi connectivity index (χ1v) is 13.9. The average Bonchev–Trinajstić information content (AvgIpc) is 2.85. The monoisotopic (exact) mass is 472 g/mol. The van der Waals surface area contributed by atoms with Crippen molar-refractivity contribution in [2.24, 2.45) is 0 Å². The molecule has 0 saturated carbocycles. The van der Waals surface area contributed by atoms with Crippen LogP contribution in [0.25, 0.3) is 11.1 Å². The van der Waals surface area contributed by atoms with Crippen molar-refractivity contribution < 1.29 is 13.5 Å². The minimum atomic E-state index is -0.886. The van der Waals surface area contributed by atoms with Crippen LogP contribution in [0.2, 0.25) is 0 Å². The molecule has 0 aliphatic carbocycles. The van der Waals surface area contributed by atoms with Gasteiger partial charge in [-0.05, 0) is 42.5 Å². The molecule has 1 nitrogen and oxygen atoms in total. The highest BCUT2D eigenvalue weighted by Crippen LogP contribution is 2.30. The second-order valence-electron chi connectivity index (χ2n) is 9.63. The highest BCUT2D eigenvalue weighted by atomic mass is 19.2. The molecule has 190 valence electrons. The number of benzene rings is 2. The zero-order valence-corrected chi connectivity index (χ0v) is 21.6. The van der Waals surface area contributed by atoms with Crippen molar-refractivity contribution in [3.63, 3.8) is 0 Å². The molecule has 0 aliphatic heterocycles. The third-order valence-electron chi connectivity index (χ3n) is 6.64. The molecule has 0 fully saturated rings. The fourth-order valence-electron chi connectivity index (χ4n) is 4.42. The van der Waals surface area contributed by atoms with Crippen LogP contribution in [0, 0.1) is 11.6 Å². The van der Waals surface area contributed by atoms with Crippen LogP contribution in [0.4, 0.5) is 8.78 Å². The van der Waals surface area contributed by atoms with Gasteiger partial charge in [0.2, 0.25) is 5.82 Å². The molecule has 2 rings (SSSR count). The van der Waals surface area contributed by atoms with E-state index < -0.39 is 11.6 Å². The molecule has 0 spiro atoms. The number of hydrogen-bond donors (Lipinski definition) is 0. The van der Waals surface area contributed by atoms with E-state index in [4.69, 9.17) is 4.74 Å². The highest BCUT2D eigenvalue weighted by Gasteiger charge is 2.15. The fraction of sp³-hybridized carbons (Fsp3) is 0.613. The largest absolute Gasteiger partial charge is 0.490 e. The number of aryl methyl sites for hydroxylation is 1. The molecule has 0 radical (unpaired) electrons. The summed E-state index contributed by atoms with van der Waals surface area (Å²) in [7, 11) is 0. The maximum Gasteiger partial charge on any atom is 0.201 e. The summed E-state index contributed by atoms with van der Waals surface area (Å²) >= 11 is 0. The maximum atomic E-state index is 14.7. The molecule has 0 N–H and O–H groups in total. The van der Waals surface area contributed by atoms with E-state index in [1.807, 2.05) is 24.3 Å². The topological polar surface area (TPSA) is 9.23 Å². The molecule has 0 atom stereocenters. The molecule has 2 aromatic carbocycles. The lowest BCUT2D eigenvalue weighted by Crippen LogP contribution is -2.01. The Kier molecular flexibility index (Phi) is 14.6. The van der Waals surface area contributed by atoms with E-state index in [1.165, 1.54) is 89.0 Å². The molecular formula is C31H46F2O. The van der Waals surface area contributed by atoms with Gasteiger partial charge in [0.25, 0.3) is 0 Å². The summed E-state index contributed by atoms with van der Waals surface area (Å²) in [6.07, 6.45) is 19.6. The average molecular weight is 473 g/mol. The Morgan fingerprint density at radius 2 is 1.09 bits per heavy atom. The summed E-state index contributed by atoms with van der Waals surface area (Å²) in [5.74, 6) is -1.70. The van der Waals surface area contributed by atoms with Crippen molar-refractivity contribution in [2.45, 2.75) is 117 Å². The van der Waals surface area contributed by atoms with Crippen molar-refractivity contribution in [3.8, 4) is 16.9 Å². The van der Waals surface area contributed by atoms with Gasteiger partial charge >= 0.3 is 0 Å². The van der Waals surface area contributed by atoms with E-state index in [9.17, 15) is 8.78 Å². The van der Waals surface area contributed by atoms with E-state index in [1.54, 1.807) is 12.1 Å². The zero-order chi connectivity index (χ0) is 24.4. The van der Waals surface area contributed by atoms with Crippen LogP contribution >= 0.6 is 0 Å².